The van der Waals surface area contributed by atoms with Gasteiger partial charge in [0.1, 0.15) is 19.3 Å². The van der Waals surface area contributed by atoms with Crippen molar-refractivity contribution >= 4 is 39.5 Å². The number of allylic oxidation sites excluding steroid dienone is 4. The van der Waals surface area contributed by atoms with Crippen molar-refractivity contribution in [3.05, 3.63) is 24.3 Å². The summed E-state index contributed by atoms with van der Waals surface area (Å²) >= 11 is 0. The van der Waals surface area contributed by atoms with Gasteiger partial charge in [0.2, 0.25) is 0 Å². The van der Waals surface area contributed by atoms with Gasteiger partial charge in [0.25, 0.3) is 0 Å². The number of ether oxygens (including phenoxy) is 4. The van der Waals surface area contributed by atoms with Crippen LogP contribution in [0.3, 0.4) is 0 Å². The maximum absolute atomic E-state index is 13.1. The van der Waals surface area contributed by atoms with Gasteiger partial charge in [0, 0.05) is 25.7 Å². The number of rotatable bonds is 77. The van der Waals surface area contributed by atoms with Crippen molar-refractivity contribution in [3.63, 3.8) is 0 Å². The van der Waals surface area contributed by atoms with E-state index in [1.165, 1.54) is 199 Å². The molecule has 3 N–H and O–H groups in total. The number of hydrogen-bond acceptors (Lipinski definition) is 15. The van der Waals surface area contributed by atoms with Gasteiger partial charge in [0.15, 0.2) is 12.2 Å². The monoisotopic (exact) mass is 1430 g/mol. The minimum atomic E-state index is -4.97. The first-order valence-electron chi connectivity index (χ1n) is 40.5. The van der Waals surface area contributed by atoms with Crippen LogP contribution < -0.4 is 0 Å². The van der Waals surface area contributed by atoms with Crippen molar-refractivity contribution in [3.8, 4) is 0 Å². The molecule has 578 valence electrons. The molecule has 0 spiro atoms. The first-order valence-corrected chi connectivity index (χ1v) is 43.4. The minimum Gasteiger partial charge on any atom is -0.462 e. The van der Waals surface area contributed by atoms with E-state index in [0.29, 0.717) is 25.7 Å². The Hall–Kier alpha value is -2.46. The molecule has 0 rings (SSSR count). The highest BCUT2D eigenvalue weighted by Gasteiger charge is 2.30. The molecule has 98 heavy (non-hydrogen) atoms. The summed E-state index contributed by atoms with van der Waals surface area (Å²) in [6.45, 7) is 7.27. The molecule has 0 aliphatic rings. The first kappa shape index (κ1) is 95.5. The number of aliphatic hydroxyl groups excluding tert-OH is 1. The number of phosphoric ester groups is 2. The summed E-state index contributed by atoms with van der Waals surface area (Å²) < 4.78 is 68.6. The van der Waals surface area contributed by atoms with Crippen LogP contribution in [0.5, 0.6) is 0 Å². The lowest BCUT2D eigenvalue weighted by Gasteiger charge is -2.21. The quantitative estimate of drug-likeness (QED) is 0.0169. The molecule has 5 atom stereocenters. The van der Waals surface area contributed by atoms with Gasteiger partial charge in [-0.05, 0) is 57.3 Å². The summed E-state index contributed by atoms with van der Waals surface area (Å²) in [5.41, 5.74) is 0. The third kappa shape index (κ3) is 71.9. The molecule has 17 nitrogen and oxygen atoms in total. The van der Waals surface area contributed by atoms with Crippen molar-refractivity contribution in [2.75, 3.05) is 39.6 Å². The zero-order chi connectivity index (χ0) is 71.9. The highest BCUT2D eigenvalue weighted by Crippen LogP contribution is 2.45. The molecular formula is C79H150O17P2. The molecule has 0 aliphatic heterocycles. The van der Waals surface area contributed by atoms with Gasteiger partial charge in [-0.1, -0.05) is 341 Å². The Labute approximate surface area is 599 Å². The highest BCUT2D eigenvalue weighted by atomic mass is 31.2. The average molecular weight is 1430 g/mol. The molecule has 19 heteroatoms. The maximum Gasteiger partial charge on any atom is 0.472 e. The minimum absolute atomic E-state index is 0.101. The smallest absolute Gasteiger partial charge is 0.462 e. The van der Waals surface area contributed by atoms with E-state index in [9.17, 15) is 43.2 Å². The summed E-state index contributed by atoms with van der Waals surface area (Å²) in [6, 6.07) is 0. The lowest BCUT2D eigenvalue weighted by molar-refractivity contribution is -0.161. The molecule has 0 heterocycles. The van der Waals surface area contributed by atoms with Crippen molar-refractivity contribution in [1.82, 2.24) is 0 Å². The summed E-state index contributed by atoms with van der Waals surface area (Å²) in [5.74, 6) is -1.33. The standard InChI is InChI=1S/C79H150O17P2/c1-6-9-12-15-18-21-24-26-30-35-38-43-48-53-58-63-77(82)90-69-75(96-79(84)65-60-55-50-45-40-36-32-29-28-31-33-37-41-46-51-56-61-72(4)5)71-94-98(87,88)92-67-73(80)66-91-97(85,86)93-70-74(68-89-76(81)62-57-52-47-42-23-20-17-14-11-8-3)95-78(83)64-59-54-49-44-39-34-27-25-22-19-16-13-10-7-2/h21,24,26,30,72-75,80H,6-20,22-23,25,27-29,31-71H2,1-5H3,(H,85,86)(H,87,88)/b24-21-,30-26-/t73-,74+,75+/m0/s1. The Morgan fingerprint density at radius 3 is 0.837 bits per heavy atom. The third-order valence-corrected chi connectivity index (χ3v) is 19.8. The van der Waals surface area contributed by atoms with Crippen LogP contribution in [0.1, 0.15) is 394 Å². The fourth-order valence-electron chi connectivity index (χ4n) is 11.7. The molecule has 0 amide bonds. The Morgan fingerprint density at radius 1 is 0.316 bits per heavy atom. The molecule has 0 fully saturated rings. The van der Waals surface area contributed by atoms with Crippen LogP contribution in [0.2, 0.25) is 0 Å². The van der Waals surface area contributed by atoms with Crippen LogP contribution >= 0.6 is 15.6 Å². The van der Waals surface area contributed by atoms with Crippen molar-refractivity contribution in [1.29, 1.82) is 0 Å². The molecule has 0 aromatic carbocycles. The van der Waals surface area contributed by atoms with E-state index in [0.717, 1.165) is 115 Å². The molecule has 2 unspecified atom stereocenters. The van der Waals surface area contributed by atoms with Crippen molar-refractivity contribution < 1.29 is 80.2 Å². The Kier molecular flexibility index (Phi) is 69.7. The van der Waals surface area contributed by atoms with Crippen LogP contribution in [-0.4, -0.2) is 96.7 Å². The van der Waals surface area contributed by atoms with E-state index >= 15 is 0 Å². The maximum atomic E-state index is 13.1. The number of carbonyl (C=O) groups is 4. The predicted octanol–water partition coefficient (Wildman–Crippen LogP) is 23.2. The van der Waals surface area contributed by atoms with Gasteiger partial charge >= 0.3 is 39.5 Å². The molecule has 0 bridgehead atoms. The molecule has 0 aliphatic carbocycles. The van der Waals surface area contributed by atoms with Gasteiger partial charge in [-0.2, -0.15) is 0 Å². The van der Waals surface area contributed by atoms with Crippen molar-refractivity contribution in [2.24, 2.45) is 5.92 Å². The molecule has 0 radical (unpaired) electrons. The largest absolute Gasteiger partial charge is 0.472 e. The van der Waals surface area contributed by atoms with Crippen LogP contribution in [0, 0.1) is 5.92 Å². The van der Waals surface area contributed by atoms with Crippen LogP contribution in [0.4, 0.5) is 0 Å². The summed E-state index contributed by atoms with van der Waals surface area (Å²) in [6.07, 6.45) is 64.5. The van der Waals surface area contributed by atoms with E-state index in [1.807, 2.05) is 0 Å². The Morgan fingerprint density at radius 2 is 0.551 bits per heavy atom. The lowest BCUT2D eigenvalue weighted by atomic mass is 10.0. The first-order chi connectivity index (χ1) is 47.5. The zero-order valence-electron chi connectivity index (χ0n) is 63.4. The van der Waals surface area contributed by atoms with Crippen LogP contribution in [0.25, 0.3) is 0 Å². The fourth-order valence-corrected chi connectivity index (χ4v) is 13.3. The van der Waals surface area contributed by atoms with Gasteiger partial charge in [-0.15, -0.1) is 0 Å². The second-order valence-corrected chi connectivity index (χ2v) is 31.2. The van der Waals surface area contributed by atoms with E-state index in [2.05, 4.69) is 58.9 Å². The summed E-state index contributed by atoms with van der Waals surface area (Å²) in [7, 11) is -9.93. The third-order valence-electron chi connectivity index (χ3n) is 17.9. The summed E-state index contributed by atoms with van der Waals surface area (Å²) in [5, 5.41) is 10.6. The van der Waals surface area contributed by atoms with E-state index in [-0.39, 0.29) is 25.7 Å². The highest BCUT2D eigenvalue weighted by molar-refractivity contribution is 7.47. The zero-order valence-corrected chi connectivity index (χ0v) is 65.2. The average Bonchev–Trinajstić information content (AvgIpc) is 1.01. The molecule has 0 saturated carbocycles. The number of hydrogen-bond donors (Lipinski definition) is 3. The molecule has 0 saturated heterocycles. The number of carbonyl (C=O) groups excluding carboxylic acids is 4. The van der Waals surface area contributed by atoms with Crippen LogP contribution in [0.15, 0.2) is 24.3 Å². The number of phosphoric acid groups is 2. The van der Waals surface area contributed by atoms with Gasteiger partial charge < -0.3 is 33.8 Å². The number of aliphatic hydroxyl groups is 1. The number of unbranched alkanes of at least 4 members (excludes halogenated alkanes) is 46. The second kappa shape index (κ2) is 71.5. The second-order valence-electron chi connectivity index (χ2n) is 28.2. The predicted molar refractivity (Wildman–Crippen MR) is 400 cm³/mol. The van der Waals surface area contributed by atoms with Gasteiger partial charge in [-0.3, -0.25) is 37.3 Å². The molecule has 0 aromatic heterocycles. The van der Waals surface area contributed by atoms with Gasteiger partial charge in [0.05, 0.1) is 26.4 Å². The fraction of sp³-hybridized carbons (Fsp3) is 0.899. The van der Waals surface area contributed by atoms with Gasteiger partial charge in [-0.25, -0.2) is 9.13 Å². The van der Waals surface area contributed by atoms with E-state index < -0.39 is 97.5 Å². The Balaban J connectivity index is 5.27. The normalized spacial score (nSPS) is 14.1. The van der Waals surface area contributed by atoms with E-state index in [4.69, 9.17) is 37.0 Å². The lowest BCUT2D eigenvalue weighted by Crippen LogP contribution is -2.30. The van der Waals surface area contributed by atoms with Crippen LogP contribution in [-0.2, 0) is 65.4 Å². The topological polar surface area (TPSA) is 237 Å². The SMILES string of the molecule is CCCCCC/C=C\C=C/CCCCCCCC(=O)OC[C@H](COP(=O)(O)OC[C@@H](O)COP(=O)(O)OC[C@@H](COC(=O)CCCCCCCCCCCC)OC(=O)CCCCCCCCCCCCCCCC)OC(=O)CCCCCCCCCCCCCCCCCCC(C)C. The summed E-state index contributed by atoms with van der Waals surface area (Å²) in [4.78, 5) is 72.9. The number of esters is 4. The van der Waals surface area contributed by atoms with E-state index in [1.54, 1.807) is 0 Å². The van der Waals surface area contributed by atoms with Crippen molar-refractivity contribution in [2.45, 2.75) is 412 Å². The molecular weight excluding hydrogens is 1280 g/mol. The molecule has 0 aromatic rings. The Bertz CT molecular complexity index is 1970.